The first-order valence-electron chi connectivity index (χ1n) is 7.49. The van der Waals surface area contributed by atoms with Crippen molar-refractivity contribution in [2.24, 2.45) is 0 Å². The summed E-state index contributed by atoms with van der Waals surface area (Å²) in [5.74, 6) is 0.938. The second-order valence-corrected chi connectivity index (χ2v) is 5.75. The van der Waals surface area contributed by atoms with Gasteiger partial charge in [-0.15, -0.1) is 0 Å². The zero-order valence-corrected chi connectivity index (χ0v) is 13.4. The molecule has 0 bridgehead atoms. The number of hydrogen-bond donors (Lipinski definition) is 0. The van der Waals surface area contributed by atoms with Crippen LogP contribution in [0.1, 0.15) is 24.5 Å². The smallest absolute Gasteiger partial charge is 0.157 e. The summed E-state index contributed by atoms with van der Waals surface area (Å²) in [5.41, 5.74) is 3.97. The minimum Gasteiger partial charge on any atom is -0.357 e. The van der Waals surface area contributed by atoms with Gasteiger partial charge in [-0.3, -0.25) is 4.40 Å². The van der Waals surface area contributed by atoms with Gasteiger partial charge in [0.05, 0.1) is 29.1 Å². The number of para-hydroxylation sites is 2. The average Bonchev–Trinajstić information content (AvgIpc) is 2.92. The lowest BCUT2D eigenvalue weighted by Crippen LogP contribution is -2.30. The maximum absolute atomic E-state index is 9.50. The highest BCUT2D eigenvalue weighted by Gasteiger charge is 2.19. The summed E-state index contributed by atoms with van der Waals surface area (Å²) < 4.78 is 2.01. The van der Waals surface area contributed by atoms with Gasteiger partial charge in [0.15, 0.2) is 5.65 Å². The van der Waals surface area contributed by atoms with Crippen LogP contribution in [0.2, 0.25) is 0 Å². The highest BCUT2D eigenvalue weighted by Crippen LogP contribution is 2.29. The fraction of sp³-hybridized carbons (Fsp3) is 0.278. The monoisotopic (exact) mass is 303 g/mol. The molecule has 0 fully saturated rings. The van der Waals surface area contributed by atoms with E-state index in [2.05, 4.69) is 22.0 Å². The Morgan fingerprint density at radius 1 is 1.30 bits per heavy atom. The number of hydrogen-bond acceptors (Lipinski definition) is 4. The number of rotatable bonds is 3. The Balaban J connectivity index is 2.38. The van der Waals surface area contributed by atoms with Gasteiger partial charge < -0.3 is 4.90 Å². The Morgan fingerprint density at radius 3 is 2.74 bits per heavy atom. The van der Waals surface area contributed by atoms with E-state index < -0.39 is 0 Å². The standard InChI is InChI=1S/C18H17N5/c1-12-10-17(22(3)13(2)8-9-19)23-16-7-5-4-6-15(16)21-18(23)14(12)11-20/h4-7,10,13H,8H2,1-3H3/t13-/m1/s1. The lowest BCUT2D eigenvalue weighted by molar-refractivity contribution is 0.691. The van der Waals surface area contributed by atoms with Crippen LogP contribution >= 0.6 is 0 Å². The van der Waals surface area contributed by atoms with E-state index in [0.29, 0.717) is 17.6 Å². The number of aromatic nitrogens is 2. The molecule has 0 amide bonds. The highest BCUT2D eigenvalue weighted by molar-refractivity contribution is 5.85. The fourth-order valence-electron chi connectivity index (χ4n) is 2.82. The maximum Gasteiger partial charge on any atom is 0.157 e. The predicted molar refractivity (Wildman–Crippen MR) is 90.2 cm³/mol. The summed E-state index contributed by atoms with van der Waals surface area (Å²) in [6.07, 6.45) is 0.434. The molecule has 3 rings (SSSR count). The molecule has 114 valence electrons. The molecular formula is C18H17N5. The number of imidazole rings is 1. The SMILES string of the molecule is Cc1cc(N(C)[C@H](C)CC#N)n2c(nc3ccccc32)c1C#N. The Morgan fingerprint density at radius 2 is 2.04 bits per heavy atom. The van der Waals surface area contributed by atoms with Crippen molar-refractivity contribution < 1.29 is 0 Å². The Bertz CT molecular complexity index is 971. The molecule has 0 aliphatic carbocycles. The minimum absolute atomic E-state index is 0.0664. The quantitative estimate of drug-likeness (QED) is 0.743. The maximum atomic E-state index is 9.50. The van der Waals surface area contributed by atoms with E-state index in [1.807, 2.05) is 55.6 Å². The fourth-order valence-corrected chi connectivity index (χ4v) is 2.82. The van der Waals surface area contributed by atoms with Crippen molar-refractivity contribution in [2.45, 2.75) is 26.3 Å². The third-order valence-corrected chi connectivity index (χ3v) is 4.27. The summed E-state index contributed by atoms with van der Waals surface area (Å²) in [6, 6.07) is 14.4. The van der Waals surface area contributed by atoms with Gasteiger partial charge in [0.2, 0.25) is 0 Å². The number of nitrogens with zero attached hydrogens (tertiary/aromatic N) is 5. The molecule has 0 unspecified atom stereocenters. The molecule has 0 saturated heterocycles. The van der Waals surface area contributed by atoms with Crippen LogP contribution in [0.15, 0.2) is 30.3 Å². The molecule has 0 N–H and O–H groups in total. The summed E-state index contributed by atoms with van der Waals surface area (Å²) in [7, 11) is 1.97. The molecule has 5 nitrogen and oxygen atoms in total. The van der Waals surface area contributed by atoms with E-state index in [9.17, 15) is 5.26 Å². The Hall–Kier alpha value is -3.05. The number of benzene rings is 1. The molecule has 1 atom stereocenters. The van der Waals surface area contributed by atoms with Crippen molar-refractivity contribution in [2.75, 3.05) is 11.9 Å². The molecule has 0 aliphatic rings. The second-order valence-electron chi connectivity index (χ2n) is 5.75. The predicted octanol–water partition coefficient (Wildman–Crippen LogP) is 3.41. The van der Waals surface area contributed by atoms with Crippen LogP contribution in [0.25, 0.3) is 16.7 Å². The van der Waals surface area contributed by atoms with Crippen molar-refractivity contribution in [3.8, 4) is 12.1 Å². The Labute approximate surface area is 135 Å². The third kappa shape index (κ3) is 2.27. The normalized spacial score (nSPS) is 12.0. The van der Waals surface area contributed by atoms with E-state index in [4.69, 9.17) is 5.26 Å². The van der Waals surface area contributed by atoms with Crippen molar-refractivity contribution in [3.05, 3.63) is 41.5 Å². The lowest BCUT2D eigenvalue weighted by atomic mass is 10.1. The van der Waals surface area contributed by atoms with Crippen LogP contribution in [0.5, 0.6) is 0 Å². The molecule has 2 heterocycles. The molecule has 23 heavy (non-hydrogen) atoms. The van der Waals surface area contributed by atoms with Gasteiger partial charge in [-0.25, -0.2) is 4.98 Å². The number of fused-ring (bicyclic) bond motifs is 3. The molecule has 5 heteroatoms. The van der Waals surface area contributed by atoms with Crippen LogP contribution in [0.4, 0.5) is 5.82 Å². The van der Waals surface area contributed by atoms with Crippen molar-refractivity contribution in [3.63, 3.8) is 0 Å². The van der Waals surface area contributed by atoms with Crippen LogP contribution < -0.4 is 4.90 Å². The number of anilines is 1. The molecule has 2 aromatic heterocycles. The van der Waals surface area contributed by atoms with E-state index in [0.717, 1.165) is 22.4 Å². The largest absolute Gasteiger partial charge is 0.357 e. The van der Waals surface area contributed by atoms with Crippen molar-refractivity contribution >= 4 is 22.5 Å². The van der Waals surface area contributed by atoms with Gasteiger partial charge in [-0.1, -0.05) is 12.1 Å². The first-order chi connectivity index (χ1) is 11.1. The molecule has 0 radical (unpaired) electrons. The van der Waals surface area contributed by atoms with E-state index >= 15 is 0 Å². The van der Waals surface area contributed by atoms with Crippen LogP contribution in [-0.2, 0) is 0 Å². The number of pyridine rings is 1. The van der Waals surface area contributed by atoms with Gasteiger partial charge in [0, 0.05) is 13.1 Å². The van der Waals surface area contributed by atoms with Crippen LogP contribution in [-0.4, -0.2) is 22.5 Å². The third-order valence-electron chi connectivity index (χ3n) is 4.27. The molecule has 1 aromatic carbocycles. The van der Waals surface area contributed by atoms with Crippen LogP contribution in [0.3, 0.4) is 0 Å². The van der Waals surface area contributed by atoms with Gasteiger partial charge in [0.25, 0.3) is 0 Å². The van der Waals surface area contributed by atoms with E-state index in [-0.39, 0.29) is 6.04 Å². The lowest BCUT2D eigenvalue weighted by Gasteiger charge is -2.27. The highest BCUT2D eigenvalue weighted by atomic mass is 15.2. The summed E-state index contributed by atoms with van der Waals surface area (Å²) >= 11 is 0. The molecule has 0 saturated carbocycles. The average molecular weight is 303 g/mol. The molecule has 0 aliphatic heterocycles. The topological polar surface area (TPSA) is 68.1 Å². The van der Waals surface area contributed by atoms with Crippen molar-refractivity contribution in [1.29, 1.82) is 10.5 Å². The van der Waals surface area contributed by atoms with Gasteiger partial charge in [0.1, 0.15) is 11.9 Å². The summed E-state index contributed by atoms with van der Waals surface area (Å²) in [6.45, 7) is 3.94. The van der Waals surface area contributed by atoms with Crippen LogP contribution in [0, 0.1) is 29.6 Å². The second kappa shape index (κ2) is 5.62. The molecule has 3 aromatic rings. The Kier molecular flexibility index (Phi) is 3.64. The zero-order chi connectivity index (χ0) is 16.6. The number of nitriles is 2. The van der Waals surface area contributed by atoms with Gasteiger partial charge in [-0.05, 0) is 37.6 Å². The van der Waals surface area contributed by atoms with Gasteiger partial charge in [-0.2, -0.15) is 10.5 Å². The first-order valence-corrected chi connectivity index (χ1v) is 7.49. The van der Waals surface area contributed by atoms with E-state index in [1.54, 1.807) is 0 Å². The summed E-state index contributed by atoms with van der Waals surface area (Å²) in [4.78, 5) is 6.71. The van der Waals surface area contributed by atoms with Crippen molar-refractivity contribution in [1.82, 2.24) is 9.38 Å². The van der Waals surface area contributed by atoms with E-state index in [1.165, 1.54) is 0 Å². The number of aryl methyl sites for hydroxylation is 1. The summed E-state index contributed by atoms with van der Waals surface area (Å²) in [5, 5.41) is 18.5. The first kappa shape index (κ1) is 14.9. The van der Waals surface area contributed by atoms with Gasteiger partial charge >= 0.3 is 0 Å². The molecular weight excluding hydrogens is 286 g/mol. The zero-order valence-electron chi connectivity index (χ0n) is 13.4. The molecule has 0 spiro atoms. The minimum atomic E-state index is 0.0664.